The molecular formula is C11H20N4. The molecule has 0 bridgehead atoms. The molecular weight excluding hydrogens is 188 g/mol. The van der Waals surface area contributed by atoms with Crippen LogP contribution in [0.1, 0.15) is 31.3 Å². The van der Waals surface area contributed by atoms with Crippen molar-refractivity contribution < 1.29 is 0 Å². The molecule has 4 nitrogen and oxygen atoms in total. The molecule has 1 rings (SSSR count). The maximum absolute atomic E-state index is 5.80. The van der Waals surface area contributed by atoms with Gasteiger partial charge in [0, 0.05) is 24.5 Å². The monoisotopic (exact) mass is 208 g/mol. The molecule has 1 heterocycles. The predicted octanol–water partition coefficient (Wildman–Crippen LogP) is 1.13. The fourth-order valence-electron chi connectivity index (χ4n) is 1.74. The SMILES string of the molecule is CCN(CC)C(CN)c1cnc(C)nc1. The molecule has 0 aromatic carbocycles. The van der Waals surface area contributed by atoms with Crippen molar-refractivity contribution in [3.63, 3.8) is 0 Å². The van der Waals surface area contributed by atoms with Gasteiger partial charge in [-0.3, -0.25) is 4.90 Å². The van der Waals surface area contributed by atoms with Crippen LogP contribution in [0.2, 0.25) is 0 Å². The summed E-state index contributed by atoms with van der Waals surface area (Å²) in [7, 11) is 0. The molecule has 2 N–H and O–H groups in total. The van der Waals surface area contributed by atoms with Crippen LogP contribution in [0.4, 0.5) is 0 Å². The highest BCUT2D eigenvalue weighted by Crippen LogP contribution is 2.17. The zero-order chi connectivity index (χ0) is 11.3. The number of likely N-dealkylation sites (N-methyl/N-ethyl adjacent to an activating group) is 1. The van der Waals surface area contributed by atoms with Crippen LogP contribution in [0.5, 0.6) is 0 Å². The van der Waals surface area contributed by atoms with E-state index in [0.29, 0.717) is 6.54 Å². The van der Waals surface area contributed by atoms with Gasteiger partial charge >= 0.3 is 0 Å². The topological polar surface area (TPSA) is 55.0 Å². The molecule has 84 valence electrons. The van der Waals surface area contributed by atoms with Crippen LogP contribution in [0, 0.1) is 6.92 Å². The molecule has 0 amide bonds. The van der Waals surface area contributed by atoms with Crippen LogP contribution >= 0.6 is 0 Å². The highest BCUT2D eigenvalue weighted by atomic mass is 15.2. The van der Waals surface area contributed by atoms with Crippen LogP contribution in [0.15, 0.2) is 12.4 Å². The summed E-state index contributed by atoms with van der Waals surface area (Å²) in [5.41, 5.74) is 6.90. The average Bonchev–Trinajstić information content (AvgIpc) is 2.27. The lowest BCUT2D eigenvalue weighted by atomic mass is 10.1. The molecule has 4 heteroatoms. The maximum Gasteiger partial charge on any atom is 0.125 e. The van der Waals surface area contributed by atoms with Gasteiger partial charge in [0.25, 0.3) is 0 Å². The van der Waals surface area contributed by atoms with Crippen LogP contribution < -0.4 is 5.73 Å². The van der Waals surface area contributed by atoms with Gasteiger partial charge in [0.05, 0.1) is 6.04 Å². The molecule has 1 unspecified atom stereocenters. The summed E-state index contributed by atoms with van der Waals surface area (Å²) in [6.07, 6.45) is 3.75. The standard InChI is InChI=1S/C11H20N4/c1-4-15(5-2)11(6-12)10-7-13-9(3)14-8-10/h7-8,11H,4-6,12H2,1-3H3. The minimum atomic E-state index is 0.237. The molecule has 0 aliphatic heterocycles. The number of hydrogen-bond acceptors (Lipinski definition) is 4. The van der Waals surface area contributed by atoms with Crippen molar-refractivity contribution in [2.45, 2.75) is 26.8 Å². The summed E-state index contributed by atoms with van der Waals surface area (Å²) in [5, 5.41) is 0. The largest absolute Gasteiger partial charge is 0.329 e. The van der Waals surface area contributed by atoms with Gasteiger partial charge in [-0.05, 0) is 20.0 Å². The van der Waals surface area contributed by atoms with Crippen molar-refractivity contribution in [1.82, 2.24) is 14.9 Å². The van der Waals surface area contributed by atoms with E-state index in [1.165, 1.54) is 0 Å². The first-order valence-corrected chi connectivity index (χ1v) is 5.45. The van der Waals surface area contributed by atoms with E-state index in [1.807, 2.05) is 19.3 Å². The Balaban J connectivity index is 2.86. The molecule has 1 aromatic rings. The number of hydrogen-bond donors (Lipinski definition) is 1. The van der Waals surface area contributed by atoms with Gasteiger partial charge in [0.2, 0.25) is 0 Å². The van der Waals surface area contributed by atoms with E-state index < -0.39 is 0 Å². The van der Waals surface area contributed by atoms with Crippen molar-refractivity contribution in [3.05, 3.63) is 23.8 Å². The lowest BCUT2D eigenvalue weighted by molar-refractivity contribution is 0.223. The van der Waals surface area contributed by atoms with E-state index in [4.69, 9.17) is 5.73 Å². The van der Waals surface area contributed by atoms with E-state index in [-0.39, 0.29) is 6.04 Å². The van der Waals surface area contributed by atoms with Crippen molar-refractivity contribution in [2.75, 3.05) is 19.6 Å². The van der Waals surface area contributed by atoms with Crippen molar-refractivity contribution in [1.29, 1.82) is 0 Å². The van der Waals surface area contributed by atoms with Crippen LogP contribution in [0.25, 0.3) is 0 Å². The Bertz CT molecular complexity index is 279. The summed E-state index contributed by atoms with van der Waals surface area (Å²) in [6, 6.07) is 0.237. The van der Waals surface area contributed by atoms with Crippen LogP contribution in [-0.4, -0.2) is 34.5 Å². The van der Waals surface area contributed by atoms with Crippen LogP contribution in [0.3, 0.4) is 0 Å². The second-order valence-corrected chi connectivity index (χ2v) is 3.54. The van der Waals surface area contributed by atoms with Gasteiger partial charge in [-0.15, -0.1) is 0 Å². The minimum Gasteiger partial charge on any atom is -0.329 e. The lowest BCUT2D eigenvalue weighted by Gasteiger charge is -2.28. The quantitative estimate of drug-likeness (QED) is 0.788. The van der Waals surface area contributed by atoms with E-state index in [2.05, 4.69) is 28.7 Å². The van der Waals surface area contributed by atoms with E-state index >= 15 is 0 Å². The normalized spacial score (nSPS) is 13.1. The smallest absolute Gasteiger partial charge is 0.125 e. The molecule has 1 aromatic heterocycles. The zero-order valence-electron chi connectivity index (χ0n) is 9.77. The number of aryl methyl sites for hydroxylation is 1. The summed E-state index contributed by atoms with van der Waals surface area (Å²) < 4.78 is 0. The Labute approximate surface area is 91.5 Å². The molecule has 0 aliphatic carbocycles. The number of nitrogens with two attached hydrogens (primary N) is 1. The Morgan fingerprint density at radius 1 is 1.27 bits per heavy atom. The van der Waals surface area contributed by atoms with E-state index in [0.717, 1.165) is 24.5 Å². The van der Waals surface area contributed by atoms with Gasteiger partial charge in [-0.2, -0.15) is 0 Å². The molecule has 0 spiro atoms. The number of aromatic nitrogens is 2. The summed E-state index contributed by atoms with van der Waals surface area (Å²) in [6.45, 7) is 8.76. The fraction of sp³-hybridized carbons (Fsp3) is 0.636. The third kappa shape index (κ3) is 2.97. The second-order valence-electron chi connectivity index (χ2n) is 3.54. The van der Waals surface area contributed by atoms with Gasteiger partial charge in [0.15, 0.2) is 0 Å². The minimum absolute atomic E-state index is 0.237. The van der Waals surface area contributed by atoms with Gasteiger partial charge in [-0.1, -0.05) is 13.8 Å². The molecule has 0 fully saturated rings. The molecule has 0 saturated carbocycles. The lowest BCUT2D eigenvalue weighted by Crippen LogP contribution is -2.33. The number of rotatable bonds is 5. The van der Waals surface area contributed by atoms with Gasteiger partial charge in [-0.25, -0.2) is 9.97 Å². The molecule has 0 saturated heterocycles. The van der Waals surface area contributed by atoms with E-state index in [9.17, 15) is 0 Å². The van der Waals surface area contributed by atoms with Gasteiger partial charge < -0.3 is 5.73 Å². The molecule has 0 radical (unpaired) electrons. The van der Waals surface area contributed by atoms with Crippen molar-refractivity contribution in [2.24, 2.45) is 5.73 Å². The summed E-state index contributed by atoms with van der Waals surface area (Å²) in [5.74, 6) is 0.800. The second kappa shape index (κ2) is 5.78. The predicted molar refractivity (Wildman–Crippen MR) is 61.5 cm³/mol. The summed E-state index contributed by atoms with van der Waals surface area (Å²) in [4.78, 5) is 10.7. The van der Waals surface area contributed by atoms with Gasteiger partial charge in [0.1, 0.15) is 5.82 Å². The Kier molecular flexibility index (Phi) is 4.65. The third-order valence-corrected chi connectivity index (χ3v) is 2.66. The zero-order valence-corrected chi connectivity index (χ0v) is 9.77. The third-order valence-electron chi connectivity index (χ3n) is 2.66. The first-order valence-electron chi connectivity index (χ1n) is 5.45. The first-order chi connectivity index (χ1) is 7.22. The Morgan fingerprint density at radius 2 is 1.80 bits per heavy atom. The van der Waals surface area contributed by atoms with E-state index in [1.54, 1.807) is 0 Å². The molecule has 15 heavy (non-hydrogen) atoms. The summed E-state index contributed by atoms with van der Waals surface area (Å²) >= 11 is 0. The molecule has 1 atom stereocenters. The highest BCUT2D eigenvalue weighted by molar-refractivity contribution is 5.11. The maximum atomic E-state index is 5.80. The number of nitrogens with zero attached hydrogens (tertiary/aromatic N) is 3. The average molecular weight is 208 g/mol. The first kappa shape index (κ1) is 12.1. The van der Waals surface area contributed by atoms with Crippen LogP contribution in [-0.2, 0) is 0 Å². The Hall–Kier alpha value is -1.00. The van der Waals surface area contributed by atoms with Crippen molar-refractivity contribution in [3.8, 4) is 0 Å². The fourth-order valence-corrected chi connectivity index (χ4v) is 1.74. The van der Waals surface area contributed by atoms with Crippen molar-refractivity contribution >= 4 is 0 Å². The molecule has 0 aliphatic rings. The Morgan fingerprint density at radius 3 is 2.20 bits per heavy atom. The highest BCUT2D eigenvalue weighted by Gasteiger charge is 2.16.